The number of ether oxygens (including phenoxy) is 1. The Morgan fingerprint density at radius 2 is 1.77 bits per heavy atom. The molecule has 1 N–H and O–H groups in total. The van der Waals surface area contributed by atoms with Crippen molar-refractivity contribution in [3.8, 4) is 5.75 Å². The van der Waals surface area contributed by atoms with Gasteiger partial charge in [0, 0.05) is 48.1 Å². The Kier molecular flexibility index (Phi) is 7.74. The largest absolute Gasteiger partial charge is 0.480 e. The molecule has 10 heteroatoms. The van der Waals surface area contributed by atoms with E-state index in [0.29, 0.717) is 41.3 Å². The lowest BCUT2D eigenvalue weighted by Crippen LogP contribution is -2.48. The zero-order chi connectivity index (χ0) is 22.6. The Bertz CT molecular complexity index is 1020. The van der Waals surface area contributed by atoms with Gasteiger partial charge in [0.05, 0.1) is 9.92 Å². The lowest BCUT2D eigenvalue weighted by molar-refractivity contribution is -0.139. The third-order valence-electron chi connectivity index (χ3n) is 4.70. The highest BCUT2D eigenvalue weighted by molar-refractivity contribution is 7.99. The number of carbonyl (C=O) groups is 1. The van der Waals surface area contributed by atoms with Crippen LogP contribution in [0.3, 0.4) is 0 Å². The topological polar surface area (TPSA) is 87.2 Å². The summed E-state index contributed by atoms with van der Waals surface area (Å²) in [6.45, 7) is 5.40. The van der Waals surface area contributed by atoms with E-state index in [0.717, 1.165) is 10.6 Å². The van der Waals surface area contributed by atoms with E-state index in [9.17, 15) is 13.2 Å². The normalized spacial score (nSPS) is 15.3. The molecule has 0 radical (unpaired) electrons. The van der Waals surface area contributed by atoms with Crippen molar-refractivity contribution in [1.29, 1.82) is 0 Å². The first-order valence-corrected chi connectivity index (χ1v) is 12.5. The molecule has 0 amide bonds. The molecule has 0 aromatic heterocycles. The zero-order valence-electron chi connectivity index (χ0n) is 17.3. The molecule has 0 spiro atoms. The summed E-state index contributed by atoms with van der Waals surface area (Å²) in [5, 5.41) is 9.55. The third kappa shape index (κ3) is 6.06. The number of nitrogens with zero attached hydrogens (tertiary/aromatic N) is 2. The number of sulfonamides is 1. The predicted molar refractivity (Wildman–Crippen MR) is 123 cm³/mol. The first-order chi connectivity index (χ1) is 14.7. The van der Waals surface area contributed by atoms with Gasteiger partial charge in [0.15, 0.2) is 6.61 Å². The van der Waals surface area contributed by atoms with E-state index in [1.165, 1.54) is 4.31 Å². The van der Waals surface area contributed by atoms with Crippen LogP contribution in [0.15, 0.2) is 52.3 Å². The maximum Gasteiger partial charge on any atom is 0.341 e. The van der Waals surface area contributed by atoms with Crippen LogP contribution in [-0.4, -0.2) is 61.8 Å². The van der Waals surface area contributed by atoms with E-state index >= 15 is 0 Å². The van der Waals surface area contributed by atoms with Crippen LogP contribution in [0.4, 0.5) is 5.69 Å². The number of halogens is 1. The van der Waals surface area contributed by atoms with Gasteiger partial charge in [-0.05, 0) is 36.4 Å². The first-order valence-electron chi connectivity index (χ1n) is 9.83. The number of hydrogen-bond acceptors (Lipinski definition) is 6. The monoisotopic (exact) mass is 484 g/mol. The summed E-state index contributed by atoms with van der Waals surface area (Å²) in [6.07, 6.45) is 0. The minimum Gasteiger partial charge on any atom is -0.480 e. The smallest absolute Gasteiger partial charge is 0.341 e. The molecule has 1 fully saturated rings. The van der Waals surface area contributed by atoms with Crippen LogP contribution in [0.2, 0.25) is 5.02 Å². The Labute approximate surface area is 192 Å². The summed E-state index contributed by atoms with van der Waals surface area (Å²) in [7, 11) is -3.56. The van der Waals surface area contributed by atoms with Crippen LogP contribution in [0, 0.1) is 0 Å². The van der Waals surface area contributed by atoms with Gasteiger partial charge in [-0.3, -0.25) is 0 Å². The average Bonchev–Trinajstić information content (AvgIpc) is 2.73. The summed E-state index contributed by atoms with van der Waals surface area (Å²) in [5.74, 6) is -0.799. The van der Waals surface area contributed by atoms with Crippen molar-refractivity contribution in [1.82, 2.24) is 4.31 Å². The van der Waals surface area contributed by atoms with Gasteiger partial charge in [-0.25, -0.2) is 13.2 Å². The zero-order valence-corrected chi connectivity index (χ0v) is 19.7. The van der Waals surface area contributed by atoms with Crippen molar-refractivity contribution < 1.29 is 23.1 Å². The van der Waals surface area contributed by atoms with Crippen molar-refractivity contribution in [3.63, 3.8) is 0 Å². The molecule has 0 aliphatic carbocycles. The molecule has 0 unspecified atom stereocenters. The lowest BCUT2D eigenvalue weighted by atomic mass is 10.2. The van der Waals surface area contributed by atoms with E-state index in [-0.39, 0.29) is 5.75 Å². The van der Waals surface area contributed by atoms with Gasteiger partial charge in [-0.2, -0.15) is 4.31 Å². The number of carboxylic acids is 1. The minimum atomic E-state index is -3.56. The van der Waals surface area contributed by atoms with Gasteiger partial charge >= 0.3 is 5.97 Å². The fraction of sp³-hybridized carbons (Fsp3) is 0.381. The second-order valence-corrected chi connectivity index (χ2v) is 11.3. The molecule has 1 aliphatic rings. The molecule has 1 heterocycles. The molecule has 31 heavy (non-hydrogen) atoms. The molecule has 168 valence electrons. The number of anilines is 1. The summed E-state index contributed by atoms with van der Waals surface area (Å²) < 4.78 is 32.8. The van der Waals surface area contributed by atoms with Crippen molar-refractivity contribution in [2.24, 2.45) is 0 Å². The maximum absolute atomic E-state index is 13.0. The minimum absolute atomic E-state index is 0.288. The fourth-order valence-electron chi connectivity index (χ4n) is 3.24. The first kappa shape index (κ1) is 23.7. The summed E-state index contributed by atoms with van der Waals surface area (Å²) in [5.41, 5.74) is 0.803. The van der Waals surface area contributed by atoms with Crippen molar-refractivity contribution in [2.75, 3.05) is 37.7 Å². The number of carboxylic acid groups (broad SMARTS) is 1. The van der Waals surface area contributed by atoms with Gasteiger partial charge in [-0.1, -0.05) is 25.4 Å². The second kappa shape index (κ2) is 10.1. The number of hydrogen-bond donors (Lipinski definition) is 1. The Morgan fingerprint density at radius 3 is 2.35 bits per heavy atom. The van der Waals surface area contributed by atoms with Gasteiger partial charge in [0.1, 0.15) is 5.75 Å². The molecular formula is C21H25ClN2O5S2. The van der Waals surface area contributed by atoms with Gasteiger partial charge in [-0.15, -0.1) is 11.8 Å². The molecule has 7 nitrogen and oxygen atoms in total. The fourth-order valence-corrected chi connectivity index (χ4v) is 5.67. The summed E-state index contributed by atoms with van der Waals surface area (Å²) in [6, 6.07) is 12.2. The van der Waals surface area contributed by atoms with Crippen molar-refractivity contribution >= 4 is 45.0 Å². The quantitative estimate of drug-likeness (QED) is 0.570. The number of thioether (sulfide) groups is 1. The van der Waals surface area contributed by atoms with E-state index in [4.69, 9.17) is 21.4 Å². The molecule has 2 aromatic carbocycles. The Balaban J connectivity index is 1.66. The highest BCUT2D eigenvalue weighted by Gasteiger charge is 2.28. The SMILES string of the molecule is CC(C)Sc1ccc(S(=O)(=O)N2CCN(c3ccc(Cl)c(OCC(=O)O)c3)CC2)cc1. The van der Waals surface area contributed by atoms with E-state index in [1.807, 2.05) is 23.1 Å². The standard InChI is InChI=1S/C21H25ClN2O5S2/c1-15(2)30-17-4-6-18(7-5-17)31(27,28)24-11-9-23(10-12-24)16-3-8-19(22)20(13-16)29-14-21(25)26/h3-8,13,15H,9-12,14H2,1-2H3,(H,25,26). The maximum atomic E-state index is 13.0. The predicted octanol–water partition coefficient (Wildman–Crippen LogP) is 3.81. The van der Waals surface area contributed by atoms with E-state index < -0.39 is 22.6 Å². The van der Waals surface area contributed by atoms with Crippen molar-refractivity contribution in [3.05, 3.63) is 47.5 Å². The van der Waals surface area contributed by atoms with Crippen molar-refractivity contribution in [2.45, 2.75) is 28.9 Å². The number of aliphatic carboxylic acids is 1. The highest BCUT2D eigenvalue weighted by Crippen LogP contribution is 2.31. The molecule has 3 rings (SSSR count). The van der Waals surface area contributed by atoms with E-state index in [1.54, 1.807) is 36.0 Å². The molecule has 2 aromatic rings. The Hall–Kier alpha value is -1.94. The van der Waals surface area contributed by atoms with Crippen LogP contribution in [0.1, 0.15) is 13.8 Å². The summed E-state index contributed by atoms with van der Waals surface area (Å²) in [4.78, 5) is 14.1. The van der Waals surface area contributed by atoms with Crippen LogP contribution in [-0.2, 0) is 14.8 Å². The average molecular weight is 485 g/mol. The Morgan fingerprint density at radius 1 is 1.13 bits per heavy atom. The second-order valence-electron chi connectivity index (χ2n) is 7.33. The van der Waals surface area contributed by atoms with Crippen LogP contribution in [0.5, 0.6) is 5.75 Å². The molecule has 1 aliphatic heterocycles. The van der Waals surface area contributed by atoms with E-state index in [2.05, 4.69) is 13.8 Å². The number of rotatable bonds is 8. The molecule has 0 saturated carbocycles. The van der Waals surface area contributed by atoms with Gasteiger partial charge in [0.25, 0.3) is 0 Å². The lowest BCUT2D eigenvalue weighted by Gasteiger charge is -2.35. The van der Waals surface area contributed by atoms with Gasteiger partial charge < -0.3 is 14.7 Å². The number of benzene rings is 2. The third-order valence-corrected chi connectivity index (χ3v) is 7.94. The number of piperazine rings is 1. The molecule has 0 atom stereocenters. The molecule has 0 bridgehead atoms. The molecular weight excluding hydrogens is 460 g/mol. The molecule has 1 saturated heterocycles. The van der Waals surface area contributed by atoms with Crippen LogP contribution >= 0.6 is 23.4 Å². The van der Waals surface area contributed by atoms with Crippen LogP contribution in [0.25, 0.3) is 0 Å². The van der Waals surface area contributed by atoms with Crippen LogP contribution < -0.4 is 9.64 Å². The summed E-state index contributed by atoms with van der Waals surface area (Å²) >= 11 is 7.77. The van der Waals surface area contributed by atoms with Gasteiger partial charge in [0.2, 0.25) is 10.0 Å². The highest BCUT2D eigenvalue weighted by atomic mass is 35.5.